The fourth-order valence-corrected chi connectivity index (χ4v) is 1.61. The first-order valence-electron chi connectivity index (χ1n) is 5.71. The molecule has 0 N–H and O–H groups in total. The van der Waals surface area contributed by atoms with Crippen LogP contribution >= 0.6 is 0 Å². The smallest absolute Gasteiger partial charge is 0.274 e. The summed E-state index contributed by atoms with van der Waals surface area (Å²) in [5.41, 5.74) is 1.31. The molecule has 0 radical (unpaired) electrons. The summed E-state index contributed by atoms with van der Waals surface area (Å²) >= 11 is 0. The number of rotatable bonds is 5. The molecule has 0 aromatic carbocycles. The highest BCUT2D eigenvalue weighted by molar-refractivity contribution is 5.52. The summed E-state index contributed by atoms with van der Waals surface area (Å²) in [5, 5.41) is 12.7. The van der Waals surface area contributed by atoms with E-state index in [9.17, 15) is 0 Å². The number of nitrogens with zero attached hydrogens (tertiary/aromatic N) is 4. The van der Waals surface area contributed by atoms with Crippen molar-refractivity contribution in [3.05, 3.63) is 23.7 Å². The lowest BCUT2D eigenvalue weighted by atomic mass is 10.3. The fraction of sp³-hybridized carbons (Fsp3) is 0.417. The van der Waals surface area contributed by atoms with Crippen molar-refractivity contribution in [1.29, 1.82) is 5.26 Å². The zero-order valence-corrected chi connectivity index (χ0v) is 10.4. The zero-order valence-electron chi connectivity index (χ0n) is 10.4. The third-order valence-electron chi connectivity index (χ3n) is 2.50. The fourth-order valence-electron chi connectivity index (χ4n) is 1.61. The molecule has 0 saturated heterocycles. The molecule has 0 amide bonds. The molecule has 0 aliphatic carbocycles. The maximum atomic E-state index is 8.82. The topological polar surface area (TPSA) is 76.9 Å². The standard InChI is InChI=1S/C12H14N4O2/c1-3-17-5-4-11-14-12(18-15-11)10-6-9(7-13)8-16(10)2/h6,8H,3-5H2,1-2H3. The molecule has 6 nitrogen and oxygen atoms in total. The lowest BCUT2D eigenvalue weighted by Crippen LogP contribution is -1.99. The van der Waals surface area contributed by atoms with Gasteiger partial charge in [0.05, 0.1) is 12.2 Å². The van der Waals surface area contributed by atoms with Crippen LogP contribution in [-0.4, -0.2) is 27.9 Å². The second kappa shape index (κ2) is 5.47. The summed E-state index contributed by atoms with van der Waals surface area (Å²) in [6.45, 7) is 3.19. The quantitative estimate of drug-likeness (QED) is 0.747. The van der Waals surface area contributed by atoms with E-state index in [1.165, 1.54) is 0 Å². The van der Waals surface area contributed by atoms with E-state index >= 15 is 0 Å². The molecule has 0 aliphatic heterocycles. The summed E-state index contributed by atoms with van der Waals surface area (Å²) in [6.07, 6.45) is 2.34. The van der Waals surface area contributed by atoms with E-state index < -0.39 is 0 Å². The van der Waals surface area contributed by atoms with Crippen LogP contribution in [0.3, 0.4) is 0 Å². The Morgan fingerprint density at radius 1 is 1.56 bits per heavy atom. The van der Waals surface area contributed by atoms with E-state index in [2.05, 4.69) is 16.2 Å². The van der Waals surface area contributed by atoms with E-state index in [0.29, 0.717) is 36.9 Å². The van der Waals surface area contributed by atoms with Gasteiger partial charge in [0, 0.05) is 26.3 Å². The molecule has 0 aliphatic rings. The van der Waals surface area contributed by atoms with E-state index in [1.807, 2.05) is 14.0 Å². The van der Waals surface area contributed by atoms with Gasteiger partial charge in [0.25, 0.3) is 5.89 Å². The second-order valence-corrected chi connectivity index (χ2v) is 3.80. The van der Waals surface area contributed by atoms with Gasteiger partial charge >= 0.3 is 0 Å². The van der Waals surface area contributed by atoms with Crippen LogP contribution in [0.25, 0.3) is 11.6 Å². The van der Waals surface area contributed by atoms with Crippen molar-refractivity contribution >= 4 is 0 Å². The summed E-state index contributed by atoms with van der Waals surface area (Å²) < 4.78 is 12.2. The molecule has 18 heavy (non-hydrogen) atoms. The first kappa shape index (κ1) is 12.3. The minimum absolute atomic E-state index is 0.422. The molecule has 0 unspecified atom stereocenters. The van der Waals surface area contributed by atoms with Gasteiger partial charge in [0.15, 0.2) is 5.82 Å². The molecule has 0 spiro atoms. The van der Waals surface area contributed by atoms with Crippen LogP contribution in [0.5, 0.6) is 0 Å². The van der Waals surface area contributed by atoms with Gasteiger partial charge in [-0.05, 0) is 13.0 Å². The highest BCUT2D eigenvalue weighted by atomic mass is 16.5. The third-order valence-corrected chi connectivity index (χ3v) is 2.50. The SMILES string of the molecule is CCOCCc1noc(-c2cc(C#N)cn2C)n1. The summed E-state index contributed by atoms with van der Waals surface area (Å²) in [7, 11) is 1.83. The molecule has 0 fully saturated rings. The van der Waals surface area contributed by atoms with Gasteiger partial charge in [-0.3, -0.25) is 0 Å². The first-order valence-corrected chi connectivity index (χ1v) is 5.71. The number of hydrogen-bond acceptors (Lipinski definition) is 5. The van der Waals surface area contributed by atoms with Crippen molar-refractivity contribution < 1.29 is 9.26 Å². The van der Waals surface area contributed by atoms with Crippen LogP contribution in [0.4, 0.5) is 0 Å². The number of nitriles is 1. The Hall–Kier alpha value is -2.13. The Balaban J connectivity index is 2.14. The van der Waals surface area contributed by atoms with Crippen molar-refractivity contribution in [3.8, 4) is 17.7 Å². The number of ether oxygens (including phenoxy) is 1. The molecule has 2 aromatic heterocycles. The predicted molar refractivity (Wildman–Crippen MR) is 63.6 cm³/mol. The Labute approximate surface area is 105 Å². The summed E-state index contributed by atoms with van der Waals surface area (Å²) in [5.74, 6) is 1.03. The van der Waals surface area contributed by atoms with Gasteiger partial charge in [0.1, 0.15) is 11.8 Å². The molecular formula is C12H14N4O2. The van der Waals surface area contributed by atoms with Crippen molar-refractivity contribution in [2.24, 2.45) is 7.05 Å². The zero-order chi connectivity index (χ0) is 13.0. The lowest BCUT2D eigenvalue weighted by Gasteiger charge is -1.95. The molecule has 6 heteroatoms. The minimum Gasteiger partial charge on any atom is -0.381 e. The van der Waals surface area contributed by atoms with Gasteiger partial charge < -0.3 is 13.8 Å². The number of hydrogen-bond donors (Lipinski definition) is 0. The molecule has 2 heterocycles. The van der Waals surface area contributed by atoms with Crippen LogP contribution in [0, 0.1) is 11.3 Å². The van der Waals surface area contributed by atoms with Crippen LogP contribution in [-0.2, 0) is 18.2 Å². The van der Waals surface area contributed by atoms with Crippen LogP contribution in [0.1, 0.15) is 18.3 Å². The van der Waals surface area contributed by atoms with Gasteiger partial charge in [-0.2, -0.15) is 10.2 Å². The molecule has 0 saturated carbocycles. The lowest BCUT2D eigenvalue weighted by molar-refractivity contribution is 0.149. The van der Waals surface area contributed by atoms with E-state index in [4.69, 9.17) is 14.5 Å². The van der Waals surface area contributed by atoms with Crippen molar-refractivity contribution in [3.63, 3.8) is 0 Å². The summed E-state index contributed by atoms with van der Waals surface area (Å²) in [6, 6.07) is 3.80. The monoisotopic (exact) mass is 246 g/mol. The molecular weight excluding hydrogens is 232 g/mol. The second-order valence-electron chi connectivity index (χ2n) is 3.80. The molecule has 0 atom stereocenters. The predicted octanol–water partition coefficient (Wildman–Crippen LogP) is 1.53. The normalized spacial score (nSPS) is 10.5. The highest BCUT2D eigenvalue weighted by Gasteiger charge is 2.13. The maximum Gasteiger partial charge on any atom is 0.274 e. The van der Waals surface area contributed by atoms with Gasteiger partial charge in [-0.25, -0.2) is 0 Å². The first-order chi connectivity index (χ1) is 8.74. The summed E-state index contributed by atoms with van der Waals surface area (Å²) in [4.78, 5) is 4.27. The van der Waals surface area contributed by atoms with Crippen LogP contribution < -0.4 is 0 Å². The number of aryl methyl sites for hydroxylation is 1. The van der Waals surface area contributed by atoms with E-state index in [-0.39, 0.29) is 0 Å². The van der Waals surface area contributed by atoms with Gasteiger partial charge in [-0.1, -0.05) is 5.16 Å². The minimum atomic E-state index is 0.422. The Morgan fingerprint density at radius 3 is 3.06 bits per heavy atom. The van der Waals surface area contributed by atoms with E-state index in [0.717, 1.165) is 5.69 Å². The molecule has 94 valence electrons. The molecule has 0 bridgehead atoms. The van der Waals surface area contributed by atoms with Gasteiger partial charge in [0.2, 0.25) is 0 Å². The molecule has 2 rings (SSSR count). The highest BCUT2D eigenvalue weighted by Crippen LogP contribution is 2.19. The average molecular weight is 246 g/mol. The third kappa shape index (κ3) is 2.57. The Kier molecular flexibility index (Phi) is 3.75. The number of aromatic nitrogens is 3. The largest absolute Gasteiger partial charge is 0.381 e. The maximum absolute atomic E-state index is 8.82. The van der Waals surface area contributed by atoms with Crippen molar-refractivity contribution in [2.45, 2.75) is 13.3 Å². The molecule has 2 aromatic rings. The van der Waals surface area contributed by atoms with Crippen molar-refractivity contribution in [1.82, 2.24) is 14.7 Å². The average Bonchev–Trinajstić information content (AvgIpc) is 2.96. The van der Waals surface area contributed by atoms with E-state index in [1.54, 1.807) is 16.8 Å². The van der Waals surface area contributed by atoms with Crippen LogP contribution in [0.15, 0.2) is 16.8 Å². The van der Waals surface area contributed by atoms with Gasteiger partial charge in [-0.15, -0.1) is 0 Å². The Bertz CT molecular complexity index is 565. The Morgan fingerprint density at radius 2 is 2.39 bits per heavy atom. The van der Waals surface area contributed by atoms with Crippen LogP contribution in [0.2, 0.25) is 0 Å². The van der Waals surface area contributed by atoms with Crippen molar-refractivity contribution in [2.75, 3.05) is 13.2 Å².